The molecular formula is C16H25FN4O2S2. The number of aliphatic imine (C=N–C) groups is 1. The third-order valence-electron chi connectivity index (χ3n) is 3.86. The highest BCUT2D eigenvalue weighted by Gasteiger charge is 2.23. The molecule has 1 heterocycles. The van der Waals surface area contributed by atoms with Crippen LogP contribution in [0.4, 0.5) is 4.39 Å². The molecule has 1 aliphatic heterocycles. The van der Waals surface area contributed by atoms with E-state index in [2.05, 4.69) is 15.6 Å². The third kappa shape index (κ3) is 6.83. The van der Waals surface area contributed by atoms with Crippen molar-refractivity contribution in [2.75, 3.05) is 50.5 Å². The van der Waals surface area contributed by atoms with Crippen LogP contribution in [-0.2, 0) is 16.4 Å². The largest absolute Gasteiger partial charge is 0.356 e. The van der Waals surface area contributed by atoms with E-state index in [4.69, 9.17) is 0 Å². The second kappa shape index (κ2) is 9.98. The molecule has 2 N–H and O–H groups in total. The van der Waals surface area contributed by atoms with Gasteiger partial charge in [0.25, 0.3) is 0 Å². The molecular weight excluding hydrogens is 363 g/mol. The predicted molar refractivity (Wildman–Crippen MR) is 102 cm³/mol. The summed E-state index contributed by atoms with van der Waals surface area (Å²) >= 11 is 1.78. The van der Waals surface area contributed by atoms with Gasteiger partial charge >= 0.3 is 0 Å². The quantitative estimate of drug-likeness (QED) is 0.537. The molecule has 25 heavy (non-hydrogen) atoms. The maximum absolute atomic E-state index is 12.9. The van der Waals surface area contributed by atoms with Crippen molar-refractivity contribution >= 4 is 27.7 Å². The Balaban J connectivity index is 1.70. The molecule has 1 fully saturated rings. The van der Waals surface area contributed by atoms with Gasteiger partial charge in [-0.1, -0.05) is 12.1 Å². The van der Waals surface area contributed by atoms with E-state index in [0.717, 1.165) is 23.5 Å². The summed E-state index contributed by atoms with van der Waals surface area (Å²) in [7, 11) is -1.57. The summed E-state index contributed by atoms with van der Waals surface area (Å²) in [5.41, 5.74) is 1.02. The lowest BCUT2D eigenvalue weighted by atomic mass is 10.1. The summed E-state index contributed by atoms with van der Waals surface area (Å²) < 4.78 is 39.0. The number of thioether (sulfide) groups is 1. The Labute approximate surface area is 153 Å². The monoisotopic (exact) mass is 388 g/mol. The van der Waals surface area contributed by atoms with Gasteiger partial charge in [-0.2, -0.15) is 11.8 Å². The predicted octanol–water partition coefficient (Wildman–Crippen LogP) is 0.912. The Hall–Kier alpha value is -1.32. The van der Waals surface area contributed by atoms with Gasteiger partial charge in [0.2, 0.25) is 10.0 Å². The number of guanidine groups is 1. The Kier molecular flexibility index (Phi) is 7.98. The van der Waals surface area contributed by atoms with Crippen molar-refractivity contribution in [3.8, 4) is 0 Å². The van der Waals surface area contributed by atoms with Crippen molar-refractivity contribution in [3.05, 3.63) is 35.6 Å². The number of hydrogen-bond donors (Lipinski definition) is 2. The van der Waals surface area contributed by atoms with Crippen LogP contribution in [0.3, 0.4) is 0 Å². The zero-order valence-corrected chi connectivity index (χ0v) is 16.0. The van der Waals surface area contributed by atoms with Crippen molar-refractivity contribution in [2.24, 2.45) is 4.99 Å². The van der Waals surface area contributed by atoms with Crippen LogP contribution in [0.15, 0.2) is 29.3 Å². The summed E-state index contributed by atoms with van der Waals surface area (Å²) in [6.07, 6.45) is 0.727. The van der Waals surface area contributed by atoms with E-state index in [9.17, 15) is 12.8 Å². The number of hydrogen-bond acceptors (Lipinski definition) is 4. The fourth-order valence-corrected chi connectivity index (χ4v) is 4.94. The SMILES string of the molecule is CN=C(NCCc1ccc(F)cc1)NCCS(=O)(=O)N1CCSCC1. The normalized spacial score (nSPS) is 16.6. The molecule has 1 aromatic rings. The second-order valence-corrected chi connectivity index (χ2v) is 8.94. The first kappa shape index (κ1) is 20.0. The number of rotatable bonds is 7. The topological polar surface area (TPSA) is 73.8 Å². The number of benzene rings is 1. The molecule has 0 spiro atoms. The lowest BCUT2D eigenvalue weighted by Gasteiger charge is -2.25. The van der Waals surface area contributed by atoms with Gasteiger partial charge in [-0.05, 0) is 24.1 Å². The lowest BCUT2D eigenvalue weighted by Crippen LogP contribution is -2.44. The summed E-state index contributed by atoms with van der Waals surface area (Å²) in [4.78, 5) is 4.09. The highest BCUT2D eigenvalue weighted by molar-refractivity contribution is 7.99. The summed E-state index contributed by atoms with van der Waals surface area (Å²) in [5, 5.41) is 6.16. The highest BCUT2D eigenvalue weighted by atomic mass is 32.2. The van der Waals surface area contributed by atoms with E-state index in [1.54, 1.807) is 35.2 Å². The van der Waals surface area contributed by atoms with Crippen molar-refractivity contribution in [1.82, 2.24) is 14.9 Å². The first-order chi connectivity index (χ1) is 12.0. The van der Waals surface area contributed by atoms with Crippen molar-refractivity contribution in [2.45, 2.75) is 6.42 Å². The van der Waals surface area contributed by atoms with Gasteiger partial charge in [-0.3, -0.25) is 4.99 Å². The second-order valence-electron chi connectivity index (χ2n) is 5.63. The average Bonchev–Trinajstić information content (AvgIpc) is 2.62. The van der Waals surface area contributed by atoms with Crippen LogP contribution in [0.5, 0.6) is 0 Å². The first-order valence-corrected chi connectivity index (χ1v) is 11.0. The molecule has 0 radical (unpaired) electrons. The molecule has 0 bridgehead atoms. The van der Waals surface area contributed by atoms with Crippen LogP contribution < -0.4 is 10.6 Å². The van der Waals surface area contributed by atoms with Crippen LogP contribution in [0.2, 0.25) is 0 Å². The highest BCUT2D eigenvalue weighted by Crippen LogP contribution is 2.12. The molecule has 0 aromatic heterocycles. The Morgan fingerprint density at radius 1 is 1.20 bits per heavy atom. The van der Waals surface area contributed by atoms with Crippen LogP contribution in [0.1, 0.15) is 5.56 Å². The Bertz CT molecular complexity index is 659. The van der Waals surface area contributed by atoms with E-state index in [-0.39, 0.29) is 11.6 Å². The molecule has 1 saturated heterocycles. The maximum atomic E-state index is 12.9. The molecule has 6 nitrogen and oxygen atoms in total. The minimum absolute atomic E-state index is 0.0519. The molecule has 0 amide bonds. The van der Waals surface area contributed by atoms with Gasteiger partial charge in [0, 0.05) is 44.7 Å². The zero-order valence-electron chi connectivity index (χ0n) is 14.4. The molecule has 0 aliphatic carbocycles. The number of halogens is 1. The third-order valence-corrected chi connectivity index (χ3v) is 6.67. The summed E-state index contributed by atoms with van der Waals surface area (Å²) in [6, 6.07) is 6.37. The average molecular weight is 389 g/mol. The van der Waals surface area contributed by atoms with Crippen LogP contribution in [-0.4, -0.2) is 69.2 Å². The number of sulfonamides is 1. The Morgan fingerprint density at radius 3 is 2.48 bits per heavy atom. The number of nitrogens with one attached hydrogen (secondary N) is 2. The van der Waals surface area contributed by atoms with Crippen LogP contribution >= 0.6 is 11.8 Å². The van der Waals surface area contributed by atoms with Gasteiger partial charge in [-0.25, -0.2) is 17.1 Å². The van der Waals surface area contributed by atoms with Crippen molar-refractivity contribution in [1.29, 1.82) is 0 Å². The van der Waals surface area contributed by atoms with Crippen LogP contribution in [0.25, 0.3) is 0 Å². The molecule has 140 valence electrons. The van der Waals surface area contributed by atoms with E-state index in [1.807, 2.05) is 0 Å². The van der Waals surface area contributed by atoms with Gasteiger partial charge in [0.05, 0.1) is 5.75 Å². The standard InChI is InChI=1S/C16H25FN4O2S2/c1-18-16(19-7-6-14-2-4-15(17)5-3-14)20-8-13-25(22,23)21-9-11-24-12-10-21/h2-5H,6-13H2,1H3,(H2,18,19,20). The van der Waals surface area contributed by atoms with E-state index in [1.165, 1.54) is 12.1 Å². The van der Waals surface area contributed by atoms with Crippen molar-refractivity contribution in [3.63, 3.8) is 0 Å². The van der Waals surface area contributed by atoms with Gasteiger partial charge in [0.1, 0.15) is 5.82 Å². The minimum Gasteiger partial charge on any atom is -0.356 e. The van der Waals surface area contributed by atoms with Gasteiger partial charge in [0.15, 0.2) is 5.96 Å². The summed E-state index contributed by atoms with van der Waals surface area (Å²) in [6.45, 7) is 2.12. The van der Waals surface area contributed by atoms with Gasteiger partial charge in [-0.15, -0.1) is 0 Å². The van der Waals surface area contributed by atoms with E-state index in [0.29, 0.717) is 32.1 Å². The number of nitrogens with zero attached hydrogens (tertiary/aromatic N) is 2. The smallest absolute Gasteiger partial charge is 0.215 e. The fourth-order valence-electron chi connectivity index (χ4n) is 2.45. The molecule has 0 unspecified atom stereocenters. The fraction of sp³-hybridized carbons (Fsp3) is 0.562. The zero-order chi connectivity index (χ0) is 18.1. The first-order valence-electron chi connectivity index (χ1n) is 8.26. The Morgan fingerprint density at radius 2 is 1.84 bits per heavy atom. The lowest BCUT2D eigenvalue weighted by molar-refractivity contribution is 0.443. The molecule has 9 heteroatoms. The molecule has 0 saturated carbocycles. The van der Waals surface area contributed by atoms with Crippen LogP contribution in [0, 0.1) is 5.82 Å². The maximum Gasteiger partial charge on any atom is 0.215 e. The van der Waals surface area contributed by atoms with E-state index < -0.39 is 10.0 Å². The molecule has 2 rings (SSSR count). The molecule has 1 aliphatic rings. The van der Waals surface area contributed by atoms with Crippen molar-refractivity contribution < 1.29 is 12.8 Å². The molecule has 0 atom stereocenters. The minimum atomic E-state index is -3.22. The molecule has 1 aromatic carbocycles. The summed E-state index contributed by atoms with van der Waals surface area (Å²) in [5.74, 6) is 2.09. The van der Waals surface area contributed by atoms with Gasteiger partial charge < -0.3 is 10.6 Å². The van der Waals surface area contributed by atoms with E-state index >= 15 is 0 Å².